The van der Waals surface area contributed by atoms with Crippen LogP contribution in [0.25, 0.3) is 0 Å². The van der Waals surface area contributed by atoms with Crippen molar-refractivity contribution >= 4 is 25.1 Å². The number of hydrogen-bond donors (Lipinski definition) is 0. The van der Waals surface area contributed by atoms with Crippen LogP contribution in [-0.2, 0) is 20.8 Å². The first-order chi connectivity index (χ1) is 13.3. The second-order valence-electron chi connectivity index (χ2n) is 10.9. The van der Waals surface area contributed by atoms with Gasteiger partial charge >= 0.3 is 37.9 Å². The van der Waals surface area contributed by atoms with Gasteiger partial charge in [0.1, 0.15) is 0 Å². The van der Waals surface area contributed by atoms with Crippen LogP contribution in [0.15, 0.2) is 24.3 Å². The molecule has 4 heteroatoms. The first kappa shape index (κ1) is 29.2. The molecular formula is C26H46Cl2SiZr. The van der Waals surface area contributed by atoms with Crippen molar-refractivity contribution in [2.75, 3.05) is 0 Å². The summed E-state index contributed by atoms with van der Waals surface area (Å²) in [5, 5.41) is 0. The van der Waals surface area contributed by atoms with Gasteiger partial charge in [-0.05, 0) is 64.8 Å². The van der Waals surface area contributed by atoms with E-state index in [1.54, 1.807) is 0 Å². The molecule has 0 heterocycles. The molecule has 0 radical (unpaired) electrons. The van der Waals surface area contributed by atoms with E-state index in [0.29, 0.717) is 0 Å². The maximum absolute atomic E-state index is 4.93. The molecular weight excluding hydrogens is 503 g/mol. The van der Waals surface area contributed by atoms with Crippen LogP contribution in [0.1, 0.15) is 53.4 Å². The van der Waals surface area contributed by atoms with Gasteiger partial charge in [0.05, 0.1) is 8.07 Å². The second-order valence-corrected chi connectivity index (χ2v) is 19.6. The molecule has 0 bridgehead atoms. The molecule has 0 amide bonds. The van der Waals surface area contributed by atoms with Gasteiger partial charge in [0.15, 0.2) is 0 Å². The van der Waals surface area contributed by atoms with Gasteiger partial charge in [-0.3, -0.25) is 0 Å². The third kappa shape index (κ3) is 5.13. The van der Waals surface area contributed by atoms with Crippen molar-refractivity contribution in [2.24, 2.45) is 47.3 Å². The molecule has 172 valence electrons. The van der Waals surface area contributed by atoms with Crippen LogP contribution >= 0.6 is 17.0 Å². The molecule has 0 aromatic rings. The van der Waals surface area contributed by atoms with Crippen molar-refractivity contribution in [3.05, 3.63) is 39.2 Å². The van der Waals surface area contributed by atoms with E-state index in [1.165, 1.54) is 25.7 Å². The molecule has 0 spiro atoms. The van der Waals surface area contributed by atoms with Gasteiger partial charge < -0.3 is 14.9 Å². The van der Waals surface area contributed by atoms with Crippen molar-refractivity contribution in [3.63, 3.8) is 0 Å². The van der Waals surface area contributed by atoms with E-state index >= 15 is 0 Å². The molecule has 0 aromatic carbocycles. The summed E-state index contributed by atoms with van der Waals surface area (Å²) in [6.07, 6.45) is 16.0. The van der Waals surface area contributed by atoms with Gasteiger partial charge in [0.25, 0.3) is 0 Å². The Kier molecular flexibility index (Phi) is 11.7. The predicted octanol–water partition coefficient (Wildman–Crippen LogP) is 9.45. The first-order valence-electron chi connectivity index (χ1n) is 11.6. The number of allylic oxidation sites excluding steroid dienone is 4. The summed E-state index contributed by atoms with van der Waals surface area (Å²) in [4.78, 5) is 0. The molecule has 0 aromatic heterocycles. The predicted molar refractivity (Wildman–Crippen MR) is 137 cm³/mol. The molecule has 30 heavy (non-hydrogen) atoms. The SMILES string of the molecule is CC1C(C)C(C)C([Si](C)(C)C2C3C=CC=CC3C3CCCCC32)C1C.[CH3-].[CH3-].[Cl][Zr+2][Cl]. The number of hydrogen-bond acceptors (Lipinski definition) is 0. The Hall–Kier alpha value is 1.16. The van der Waals surface area contributed by atoms with E-state index in [2.05, 4.69) is 65.1 Å². The fraction of sp³-hybridized carbons (Fsp3) is 0.769. The number of rotatable bonds is 2. The third-order valence-corrected chi connectivity index (χ3v) is 15.1. The van der Waals surface area contributed by atoms with Gasteiger partial charge in [-0.1, -0.05) is 84.4 Å². The van der Waals surface area contributed by atoms with Crippen molar-refractivity contribution in [2.45, 2.75) is 77.6 Å². The van der Waals surface area contributed by atoms with Gasteiger partial charge in [-0.2, -0.15) is 0 Å². The van der Waals surface area contributed by atoms with Crippen molar-refractivity contribution in [1.82, 2.24) is 0 Å². The molecule has 4 rings (SSSR count). The van der Waals surface area contributed by atoms with Crippen LogP contribution in [0, 0.1) is 62.2 Å². The summed E-state index contributed by atoms with van der Waals surface area (Å²) < 4.78 is 0. The van der Waals surface area contributed by atoms with E-state index in [1.807, 2.05) is 0 Å². The molecule has 3 fully saturated rings. The Bertz CT molecular complexity index is 576. The standard InChI is InChI=1S/C24H40Si.2CH3.2ClH.Zr/c1-15-16(2)18(4)23(17(15)3)25(5,6)24-21-13-9-7-11-19(21)20-12-8-10-14-22(20)24;;;;;/h7,9,11,13,15-24H,8,10,12,14H2,1-6H3;2*1H3;2*1H;/q;2*-1;;;+4/p-2. The zero-order valence-corrected chi connectivity index (χ0v) is 25.6. The molecule has 3 saturated carbocycles. The first-order valence-corrected chi connectivity index (χ1v) is 21.1. The summed E-state index contributed by atoms with van der Waals surface area (Å²) in [7, 11) is 8.52. The fourth-order valence-electron chi connectivity index (χ4n) is 8.54. The minimum absolute atomic E-state index is 0. The van der Waals surface area contributed by atoms with E-state index in [9.17, 15) is 0 Å². The molecule has 0 aliphatic heterocycles. The molecule has 9 atom stereocenters. The normalized spacial score (nSPS) is 43.9. The van der Waals surface area contributed by atoms with Gasteiger partial charge in [-0.15, -0.1) is 0 Å². The van der Waals surface area contributed by atoms with Gasteiger partial charge in [-0.25, -0.2) is 0 Å². The van der Waals surface area contributed by atoms with Crippen molar-refractivity contribution in [1.29, 1.82) is 0 Å². The summed E-state index contributed by atoms with van der Waals surface area (Å²) in [5.41, 5.74) is 2.04. The Morgan fingerprint density at radius 2 is 1.13 bits per heavy atom. The number of halogens is 2. The van der Waals surface area contributed by atoms with E-state index in [4.69, 9.17) is 17.0 Å². The zero-order chi connectivity index (χ0) is 20.6. The molecule has 0 saturated heterocycles. The van der Waals surface area contributed by atoms with Crippen molar-refractivity contribution in [3.8, 4) is 0 Å². The number of fused-ring (bicyclic) bond motifs is 3. The average molecular weight is 549 g/mol. The molecule has 9 unspecified atom stereocenters. The van der Waals surface area contributed by atoms with E-state index in [0.717, 1.165) is 58.4 Å². The van der Waals surface area contributed by atoms with Crippen LogP contribution in [0.3, 0.4) is 0 Å². The van der Waals surface area contributed by atoms with E-state index in [-0.39, 0.29) is 14.9 Å². The molecule has 0 N–H and O–H groups in total. The molecule has 4 aliphatic carbocycles. The van der Waals surface area contributed by atoms with Gasteiger partial charge in [0, 0.05) is 0 Å². The summed E-state index contributed by atoms with van der Waals surface area (Å²) in [6, 6.07) is 0. The van der Waals surface area contributed by atoms with Crippen LogP contribution in [0.4, 0.5) is 0 Å². The fourth-order valence-corrected chi connectivity index (χ4v) is 15.1. The summed E-state index contributed by atoms with van der Waals surface area (Å²) in [6.45, 7) is 15.9. The van der Waals surface area contributed by atoms with Crippen molar-refractivity contribution < 1.29 is 20.8 Å². The minimum atomic E-state index is -1.35. The Labute approximate surface area is 208 Å². The second kappa shape index (κ2) is 12.0. The quantitative estimate of drug-likeness (QED) is 0.238. The van der Waals surface area contributed by atoms with Crippen LogP contribution in [0.5, 0.6) is 0 Å². The van der Waals surface area contributed by atoms with Crippen LogP contribution < -0.4 is 0 Å². The average Bonchev–Trinajstić information content (AvgIpc) is 3.11. The zero-order valence-electron chi connectivity index (χ0n) is 20.7. The molecule has 0 nitrogen and oxygen atoms in total. The van der Waals surface area contributed by atoms with Gasteiger partial charge in [0.2, 0.25) is 0 Å². The third-order valence-electron chi connectivity index (χ3n) is 9.81. The Balaban J connectivity index is 0.000000851. The Morgan fingerprint density at radius 3 is 1.63 bits per heavy atom. The summed E-state index contributed by atoms with van der Waals surface area (Å²) >= 11 is -0.826. The van der Waals surface area contributed by atoms with Crippen LogP contribution in [-0.4, -0.2) is 8.07 Å². The summed E-state index contributed by atoms with van der Waals surface area (Å²) in [5.74, 6) is 7.44. The van der Waals surface area contributed by atoms with Crippen LogP contribution in [0.2, 0.25) is 24.2 Å². The van der Waals surface area contributed by atoms with E-state index < -0.39 is 28.9 Å². The molecule has 4 aliphatic rings. The Morgan fingerprint density at radius 1 is 0.700 bits per heavy atom. The monoisotopic (exact) mass is 546 g/mol. The topological polar surface area (TPSA) is 0 Å². The maximum atomic E-state index is 4.93.